The molecule has 1 nitrogen and oxygen atoms in total. The highest BCUT2D eigenvalue weighted by molar-refractivity contribution is 5.42. The third kappa shape index (κ3) is 0.611. The average molecular weight is 133 g/mol. The number of benzene rings is 1. The van der Waals surface area contributed by atoms with Crippen molar-refractivity contribution in [1.29, 1.82) is 0 Å². The van der Waals surface area contributed by atoms with Crippen LogP contribution in [0.3, 0.4) is 0 Å². The molecule has 2 rings (SSSR count). The van der Waals surface area contributed by atoms with Crippen LogP contribution >= 0.6 is 0 Å². The minimum absolute atomic E-state index is 0.0450. The summed E-state index contributed by atoms with van der Waals surface area (Å²) in [5.74, 6) is 0. The lowest BCUT2D eigenvalue weighted by Gasteiger charge is -2.37. The van der Waals surface area contributed by atoms with Crippen LogP contribution in [0.5, 0.6) is 0 Å². The molecule has 52 valence electrons. The summed E-state index contributed by atoms with van der Waals surface area (Å²) in [6.07, 6.45) is 1.03. The summed E-state index contributed by atoms with van der Waals surface area (Å²) >= 11 is 0. The van der Waals surface area contributed by atoms with Gasteiger partial charge in [-0.25, -0.2) is 0 Å². The second-order valence-corrected chi connectivity index (χ2v) is 3.25. The summed E-state index contributed by atoms with van der Waals surface area (Å²) in [5, 5.41) is 0. The van der Waals surface area contributed by atoms with Crippen LogP contribution in [0.2, 0.25) is 0 Å². The van der Waals surface area contributed by atoms with Gasteiger partial charge >= 0.3 is 0 Å². The third-order valence-corrected chi connectivity index (χ3v) is 2.19. The van der Waals surface area contributed by atoms with Gasteiger partial charge in [0.15, 0.2) is 0 Å². The number of fused-ring (bicyclic) bond motifs is 1. The van der Waals surface area contributed by atoms with Crippen LogP contribution < -0.4 is 5.73 Å². The Morgan fingerprint density at radius 3 is 2.60 bits per heavy atom. The highest BCUT2D eigenvalue weighted by Gasteiger charge is 2.33. The van der Waals surface area contributed by atoms with Crippen molar-refractivity contribution >= 4 is 0 Å². The molecule has 0 aliphatic heterocycles. The molecule has 0 amide bonds. The SMILES string of the molecule is CC1(N)Cc2ccccc21. The monoisotopic (exact) mass is 133 g/mol. The van der Waals surface area contributed by atoms with Crippen LogP contribution in [0.15, 0.2) is 24.3 Å². The van der Waals surface area contributed by atoms with E-state index in [0.29, 0.717) is 0 Å². The van der Waals surface area contributed by atoms with E-state index in [1.54, 1.807) is 0 Å². The van der Waals surface area contributed by atoms with Crippen molar-refractivity contribution in [2.45, 2.75) is 18.9 Å². The smallest absolute Gasteiger partial charge is 0.0424 e. The first kappa shape index (κ1) is 5.93. The Morgan fingerprint density at radius 2 is 2.10 bits per heavy atom. The molecule has 1 aromatic rings. The quantitative estimate of drug-likeness (QED) is 0.569. The lowest BCUT2D eigenvalue weighted by Crippen LogP contribution is -2.44. The Labute approximate surface area is 60.9 Å². The van der Waals surface area contributed by atoms with Gasteiger partial charge in [-0.15, -0.1) is 0 Å². The van der Waals surface area contributed by atoms with Crippen LogP contribution in [-0.4, -0.2) is 0 Å². The van der Waals surface area contributed by atoms with Gasteiger partial charge in [0.25, 0.3) is 0 Å². The highest BCUT2D eigenvalue weighted by Crippen LogP contribution is 2.35. The molecule has 0 radical (unpaired) electrons. The van der Waals surface area contributed by atoms with E-state index >= 15 is 0 Å². The maximum atomic E-state index is 5.93. The summed E-state index contributed by atoms with van der Waals surface area (Å²) in [7, 11) is 0. The molecular formula is C9H11N. The minimum Gasteiger partial charge on any atom is -0.321 e. The van der Waals surface area contributed by atoms with Crippen LogP contribution in [0.25, 0.3) is 0 Å². The molecule has 0 saturated heterocycles. The van der Waals surface area contributed by atoms with Gasteiger partial charge in [-0.2, -0.15) is 0 Å². The molecule has 0 fully saturated rings. The molecule has 0 aromatic heterocycles. The first-order valence-electron chi connectivity index (χ1n) is 3.57. The maximum absolute atomic E-state index is 5.93. The van der Waals surface area contributed by atoms with Gasteiger partial charge < -0.3 is 5.73 Å². The fourth-order valence-corrected chi connectivity index (χ4v) is 1.62. The molecule has 1 aliphatic carbocycles. The van der Waals surface area contributed by atoms with Crippen molar-refractivity contribution in [2.75, 3.05) is 0 Å². The van der Waals surface area contributed by atoms with Gasteiger partial charge in [0, 0.05) is 5.54 Å². The molecule has 0 bridgehead atoms. The van der Waals surface area contributed by atoms with Gasteiger partial charge in [-0.05, 0) is 24.5 Å². The predicted octanol–water partition coefficient (Wildman–Crippen LogP) is 1.42. The van der Waals surface area contributed by atoms with E-state index in [4.69, 9.17) is 5.73 Å². The summed E-state index contributed by atoms with van der Waals surface area (Å²) in [6.45, 7) is 2.08. The van der Waals surface area contributed by atoms with Crippen LogP contribution in [0.1, 0.15) is 18.1 Å². The fraction of sp³-hybridized carbons (Fsp3) is 0.333. The second-order valence-electron chi connectivity index (χ2n) is 3.25. The molecule has 1 atom stereocenters. The standard InChI is InChI=1S/C9H11N/c1-9(10)6-7-4-2-3-5-8(7)9/h2-5H,6,10H2,1H3. The zero-order valence-corrected chi connectivity index (χ0v) is 6.09. The van der Waals surface area contributed by atoms with Crippen molar-refractivity contribution in [3.05, 3.63) is 35.4 Å². The van der Waals surface area contributed by atoms with Crippen molar-refractivity contribution < 1.29 is 0 Å². The van der Waals surface area contributed by atoms with Crippen LogP contribution in [0.4, 0.5) is 0 Å². The summed E-state index contributed by atoms with van der Waals surface area (Å²) in [4.78, 5) is 0. The first-order chi connectivity index (χ1) is 4.70. The zero-order valence-electron chi connectivity index (χ0n) is 6.09. The third-order valence-electron chi connectivity index (χ3n) is 2.19. The Balaban J connectivity index is 2.53. The van der Waals surface area contributed by atoms with Gasteiger partial charge in [-0.1, -0.05) is 24.3 Å². The number of hydrogen-bond acceptors (Lipinski definition) is 1. The Morgan fingerprint density at radius 1 is 1.40 bits per heavy atom. The van der Waals surface area contributed by atoms with Crippen LogP contribution in [0, 0.1) is 0 Å². The molecule has 2 N–H and O–H groups in total. The Hall–Kier alpha value is -0.820. The van der Waals surface area contributed by atoms with E-state index in [2.05, 4.69) is 25.1 Å². The van der Waals surface area contributed by atoms with Gasteiger partial charge in [0.2, 0.25) is 0 Å². The molecule has 1 aromatic carbocycles. The zero-order chi connectivity index (χ0) is 7.19. The summed E-state index contributed by atoms with van der Waals surface area (Å²) < 4.78 is 0. The topological polar surface area (TPSA) is 26.0 Å². The van der Waals surface area contributed by atoms with Crippen molar-refractivity contribution in [3.63, 3.8) is 0 Å². The van der Waals surface area contributed by atoms with E-state index < -0.39 is 0 Å². The van der Waals surface area contributed by atoms with Gasteiger partial charge in [-0.3, -0.25) is 0 Å². The molecular weight excluding hydrogens is 122 g/mol. The molecule has 1 heteroatoms. The molecule has 0 saturated carbocycles. The minimum atomic E-state index is -0.0450. The molecule has 1 unspecified atom stereocenters. The fourth-order valence-electron chi connectivity index (χ4n) is 1.62. The largest absolute Gasteiger partial charge is 0.321 e. The van der Waals surface area contributed by atoms with E-state index in [0.717, 1.165) is 6.42 Å². The molecule has 0 heterocycles. The molecule has 0 spiro atoms. The van der Waals surface area contributed by atoms with Crippen molar-refractivity contribution in [3.8, 4) is 0 Å². The maximum Gasteiger partial charge on any atom is 0.0424 e. The Kier molecular flexibility index (Phi) is 0.955. The van der Waals surface area contributed by atoms with E-state index in [1.807, 2.05) is 6.07 Å². The first-order valence-corrected chi connectivity index (χ1v) is 3.57. The molecule has 10 heavy (non-hydrogen) atoms. The van der Waals surface area contributed by atoms with E-state index in [-0.39, 0.29) is 5.54 Å². The number of rotatable bonds is 0. The van der Waals surface area contributed by atoms with Gasteiger partial charge in [0.1, 0.15) is 0 Å². The molecule has 1 aliphatic rings. The normalized spacial score (nSPS) is 29.0. The number of nitrogens with two attached hydrogens (primary N) is 1. The lowest BCUT2D eigenvalue weighted by atomic mass is 9.73. The second kappa shape index (κ2) is 1.61. The van der Waals surface area contributed by atoms with Crippen molar-refractivity contribution in [2.24, 2.45) is 5.73 Å². The summed E-state index contributed by atoms with van der Waals surface area (Å²) in [5.41, 5.74) is 8.61. The van der Waals surface area contributed by atoms with E-state index in [9.17, 15) is 0 Å². The predicted molar refractivity (Wildman–Crippen MR) is 41.7 cm³/mol. The summed E-state index contributed by atoms with van der Waals surface area (Å²) in [6, 6.07) is 8.36. The highest BCUT2D eigenvalue weighted by atomic mass is 14.8. The van der Waals surface area contributed by atoms with Crippen molar-refractivity contribution in [1.82, 2.24) is 0 Å². The van der Waals surface area contributed by atoms with Crippen LogP contribution in [-0.2, 0) is 12.0 Å². The average Bonchev–Trinajstić information content (AvgIpc) is 1.86. The lowest BCUT2D eigenvalue weighted by molar-refractivity contribution is 0.428. The number of hydrogen-bond donors (Lipinski definition) is 1. The van der Waals surface area contributed by atoms with Gasteiger partial charge in [0.05, 0.1) is 0 Å². The Bertz CT molecular complexity index is 263. The van der Waals surface area contributed by atoms with E-state index in [1.165, 1.54) is 11.1 Å².